The van der Waals surface area contributed by atoms with Gasteiger partial charge in [-0.1, -0.05) is 209 Å². The number of unbranched alkanes of at least 4 members (excludes halogenated alkanes) is 11. The van der Waals surface area contributed by atoms with Crippen LogP contribution in [0.4, 0.5) is 0 Å². The summed E-state index contributed by atoms with van der Waals surface area (Å²) in [4.78, 5) is 25.5. The molecule has 11 heteroatoms. The molecule has 0 saturated carbocycles. The Morgan fingerprint density at radius 3 is 0.971 bits per heavy atom. The highest BCUT2D eigenvalue weighted by Gasteiger charge is 2.48. The van der Waals surface area contributed by atoms with E-state index in [0.717, 1.165) is 75.5 Å². The molecule has 0 bridgehead atoms. The summed E-state index contributed by atoms with van der Waals surface area (Å²) in [7, 11) is -2.25. The molecule has 9 aromatic carbocycles. The van der Waals surface area contributed by atoms with Gasteiger partial charge in [0.15, 0.2) is 23.8 Å². The van der Waals surface area contributed by atoms with E-state index in [9.17, 15) is 9.59 Å². The summed E-state index contributed by atoms with van der Waals surface area (Å²) in [6.07, 6.45) is 26.7. The topological polar surface area (TPSA) is 89.5 Å². The third-order valence-electron chi connectivity index (χ3n) is 20.9. The molecule has 0 amide bonds. The maximum Gasteiger partial charge on any atom is 0.191 e. The third kappa shape index (κ3) is 21.4. The van der Waals surface area contributed by atoms with Crippen molar-refractivity contribution >= 4 is 81.1 Å². The molecule has 105 heavy (non-hydrogen) atoms. The zero-order chi connectivity index (χ0) is 73.0. The smallest absolute Gasteiger partial charge is 0.191 e. The fourth-order valence-corrected chi connectivity index (χ4v) is 28.5. The summed E-state index contributed by atoms with van der Waals surface area (Å²) in [5.41, 5.74) is 1.17. The number of carbonyl (C=O) groups excluding carboxylic acids is 2. The molecule has 0 N–H and O–H groups in total. The fraction of sp³-hybridized carbons (Fsp3) is 0.340. The first-order chi connectivity index (χ1) is 51.8. The lowest BCUT2D eigenvalue weighted by molar-refractivity contribution is -0.146. The van der Waals surface area contributed by atoms with Gasteiger partial charge in [-0.2, -0.15) is 0 Å². The minimum absolute atomic E-state index is 0.0955. The van der Waals surface area contributed by atoms with Gasteiger partial charge in [0, 0.05) is 38.2 Å². The van der Waals surface area contributed by atoms with Crippen molar-refractivity contribution < 1.29 is 38.0 Å². The number of Topliss-reactive ketones (excluding diaryl/α,β-unsaturated/α-hetero) is 2. The van der Waals surface area contributed by atoms with Crippen molar-refractivity contribution in [2.45, 2.75) is 154 Å². The van der Waals surface area contributed by atoms with E-state index < -0.39 is 34.0 Å². The molecule has 548 valence electrons. The molecule has 2 heterocycles. The number of ether oxygens (including phenoxy) is 6. The highest BCUT2D eigenvalue weighted by atomic mass is 31.2. The van der Waals surface area contributed by atoms with Crippen LogP contribution in [0, 0.1) is 0 Å². The quantitative estimate of drug-likeness (QED) is 0.0283. The predicted octanol–water partition coefficient (Wildman–Crippen LogP) is 19.0. The van der Waals surface area contributed by atoms with Crippen LogP contribution in [0.3, 0.4) is 0 Å². The molecule has 12 rings (SSSR count). The molecule has 0 aromatic heterocycles. The molecule has 0 saturated heterocycles. The van der Waals surface area contributed by atoms with Crippen LogP contribution >= 0.6 is 21.8 Å². The number of benzene rings is 9. The zero-order valence-electron chi connectivity index (χ0n) is 62.7. The Hall–Kier alpha value is -8.05. The number of allylic oxidation sites excluding steroid dienone is 2. The van der Waals surface area contributed by atoms with Gasteiger partial charge >= 0.3 is 0 Å². The van der Waals surface area contributed by atoms with Crippen LogP contribution < -0.4 is 47.7 Å². The fourth-order valence-electron chi connectivity index (χ4n) is 15.3. The lowest BCUT2D eigenvalue weighted by Gasteiger charge is -2.29. The number of hydrogen-bond donors (Lipinski definition) is 0. The molecule has 3 unspecified atom stereocenters. The van der Waals surface area contributed by atoms with Crippen LogP contribution in [-0.4, -0.2) is 82.4 Å². The maximum atomic E-state index is 12.9. The van der Waals surface area contributed by atoms with Gasteiger partial charge in [0.2, 0.25) is 0 Å². The molecule has 0 spiro atoms. The standard InChI is InChI=1S/C37H46O4P.C30H36O2P.C27H30O2P/c1-29-33(35(39)37(41-3)36(40-2)34(29)38)27-19-8-6-4-5-7-9-20-28-42(30-21-13-10-14-22-30,31-23-15-11-16-24-31)32-25-17-12-18-26-32;1-2-3-15-26-24-32-27(25-31-26)16-13-14-23-33(28-17-7-4-8-18-28,29-19-9-5-10-20-29)30-21-11-6-12-22-30;1-6-14-25(15-7-1)30(26-16-8-2-9-17-26,27-18-10-3-11-19-27)22-12-4-5-13-24-23-28-20-21-29-24/h10-18,21-26,36-37H,4-9,19-20,27-28H2,1-3H3;4-12,17-22,24,27H,2-3,13-16,23,25H2,1H3;1-3,6-11,14-19,23H,4-5,12-13,20-22H2/q3*+1. The first kappa shape index (κ1) is 79.5. The Bertz CT molecular complexity index is 3760. The van der Waals surface area contributed by atoms with Crippen LogP contribution in [0.2, 0.25) is 0 Å². The maximum absolute atomic E-state index is 12.9. The van der Waals surface area contributed by atoms with E-state index >= 15 is 0 Å². The molecule has 1 aliphatic carbocycles. The zero-order valence-corrected chi connectivity index (χ0v) is 65.3. The van der Waals surface area contributed by atoms with Gasteiger partial charge < -0.3 is 28.4 Å². The minimum Gasteiger partial charge on any atom is -0.494 e. The van der Waals surface area contributed by atoms with Crippen molar-refractivity contribution in [3.05, 3.63) is 308 Å². The summed E-state index contributed by atoms with van der Waals surface area (Å²) in [5.74, 6) is 1.78. The van der Waals surface area contributed by atoms with E-state index in [2.05, 4.69) is 280 Å². The van der Waals surface area contributed by atoms with Crippen molar-refractivity contribution in [2.24, 2.45) is 0 Å². The number of ketones is 2. The van der Waals surface area contributed by atoms with E-state index in [0.29, 0.717) is 37.4 Å². The molecular formula is C94H112O8P3+3. The molecule has 3 aliphatic rings. The third-order valence-corrected chi connectivity index (χ3v) is 34.5. The Balaban J connectivity index is 0.000000171. The minimum atomic E-state index is -1.74. The molecule has 0 radical (unpaired) electrons. The monoisotopic (exact) mass is 1460 g/mol. The van der Waals surface area contributed by atoms with Gasteiger partial charge in [-0.15, -0.1) is 0 Å². The van der Waals surface area contributed by atoms with E-state index in [-0.39, 0.29) is 17.7 Å². The first-order valence-electron chi connectivity index (χ1n) is 38.7. The Kier molecular flexibility index (Phi) is 32.5. The molecule has 2 aliphatic heterocycles. The van der Waals surface area contributed by atoms with E-state index in [1.807, 2.05) is 6.26 Å². The van der Waals surface area contributed by atoms with Gasteiger partial charge in [-0.05, 0) is 187 Å². The van der Waals surface area contributed by atoms with Gasteiger partial charge in [0.05, 0.1) is 18.5 Å². The highest BCUT2D eigenvalue weighted by Crippen LogP contribution is 2.58. The number of carbonyl (C=O) groups is 2. The van der Waals surface area contributed by atoms with Gasteiger partial charge in [0.1, 0.15) is 119 Å². The van der Waals surface area contributed by atoms with Crippen molar-refractivity contribution in [2.75, 3.05) is 52.5 Å². The van der Waals surface area contributed by atoms with Crippen LogP contribution in [0.1, 0.15) is 136 Å². The van der Waals surface area contributed by atoms with Crippen molar-refractivity contribution in [1.29, 1.82) is 0 Å². The van der Waals surface area contributed by atoms with E-state index in [1.54, 1.807) is 13.2 Å². The average Bonchev–Trinajstić information content (AvgIpc) is 0.770. The first-order valence-corrected chi connectivity index (χ1v) is 44.6. The average molecular weight is 1460 g/mol. The van der Waals surface area contributed by atoms with Crippen LogP contribution in [0.25, 0.3) is 0 Å². The van der Waals surface area contributed by atoms with Crippen molar-refractivity contribution in [3.63, 3.8) is 0 Å². The van der Waals surface area contributed by atoms with Gasteiger partial charge in [-0.3, -0.25) is 9.59 Å². The summed E-state index contributed by atoms with van der Waals surface area (Å²) in [6, 6.07) is 100. The Morgan fingerprint density at radius 2 is 0.648 bits per heavy atom. The SMILES string of the molecule is C1=C(CCCCC[P+](c2ccccc2)(c2ccccc2)c2ccccc2)OCCO1.CCCCC1=COC(CCCC[P+](c2ccccc2)(c2ccccc2)c2ccccc2)CO1.COC1C(=O)C(C)=C(CCCCCCCCCC[P+](c2ccccc2)(c2ccccc2)c2ccccc2)C(=O)C1OC. The molecule has 9 aromatic rings. The lowest BCUT2D eigenvalue weighted by Crippen LogP contribution is -2.47. The van der Waals surface area contributed by atoms with Crippen molar-refractivity contribution in [3.8, 4) is 0 Å². The predicted molar refractivity (Wildman–Crippen MR) is 447 cm³/mol. The van der Waals surface area contributed by atoms with E-state index in [1.165, 1.54) is 132 Å². The normalized spacial score (nSPS) is 16.0. The largest absolute Gasteiger partial charge is 0.494 e. The molecule has 8 nitrogen and oxygen atoms in total. The molecule has 3 atom stereocenters. The van der Waals surface area contributed by atoms with E-state index in [4.69, 9.17) is 28.4 Å². The van der Waals surface area contributed by atoms with Gasteiger partial charge in [0.25, 0.3) is 0 Å². The number of hydrogen-bond acceptors (Lipinski definition) is 8. The molecular weight excluding hydrogens is 1350 g/mol. The van der Waals surface area contributed by atoms with Crippen LogP contribution in [-0.2, 0) is 38.0 Å². The van der Waals surface area contributed by atoms with Crippen molar-refractivity contribution in [1.82, 2.24) is 0 Å². The number of rotatable bonds is 36. The second-order valence-electron chi connectivity index (χ2n) is 27.7. The summed E-state index contributed by atoms with van der Waals surface area (Å²) >= 11 is 0. The second kappa shape index (κ2) is 42.9. The number of methoxy groups -OCH3 is 2. The Morgan fingerprint density at radius 1 is 0.343 bits per heavy atom. The molecule has 0 fully saturated rings. The summed E-state index contributed by atoms with van der Waals surface area (Å²) in [5, 5.41) is 13.2. The van der Waals surface area contributed by atoms with Gasteiger partial charge in [-0.25, -0.2) is 0 Å². The summed E-state index contributed by atoms with van der Waals surface area (Å²) < 4.78 is 33.6. The second-order valence-corrected chi connectivity index (χ2v) is 38.6. The lowest BCUT2D eigenvalue weighted by atomic mass is 9.83. The highest BCUT2D eigenvalue weighted by molar-refractivity contribution is 7.96. The summed E-state index contributed by atoms with van der Waals surface area (Å²) in [6.45, 7) is 5.98. The van der Waals surface area contributed by atoms with Crippen LogP contribution in [0.15, 0.2) is 308 Å². The van der Waals surface area contributed by atoms with Crippen LogP contribution in [0.5, 0.6) is 0 Å². The Labute approximate surface area is 630 Å².